The largest absolute Gasteiger partial charge is 0.480 e. The molecule has 1 aromatic heterocycles. The van der Waals surface area contributed by atoms with Crippen LogP contribution in [0.25, 0.3) is 0 Å². The van der Waals surface area contributed by atoms with Crippen LogP contribution in [0.3, 0.4) is 0 Å². The number of carbonyl (C=O) groups is 1. The van der Waals surface area contributed by atoms with Gasteiger partial charge >= 0.3 is 0 Å². The van der Waals surface area contributed by atoms with Gasteiger partial charge in [-0.25, -0.2) is 4.98 Å². The average molecular weight is 211 g/mol. The zero-order chi connectivity index (χ0) is 12.1. The number of methoxy groups -OCH3 is 1. The summed E-state index contributed by atoms with van der Waals surface area (Å²) in [6, 6.07) is 3.34. The third-order valence-electron chi connectivity index (χ3n) is 1.12. The van der Waals surface area contributed by atoms with E-state index in [0.717, 1.165) is 0 Å². The Balaban J connectivity index is 0. The second-order valence-electron chi connectivity index (χ2n) is 2.43. The Morgan fingerprint density at radius 1 is 1.40 bits per heavy atom. The van der Waals surface area contributed by atoms with E-state index in [1.807, 2.05) is 13.8 Å². The molecule has 86 valence electrons. The predicted octanol–water partition coefficient (Wildman–Crippen LogP) is 3.35. The molecule has 0 aliphatic carbocycles. The lowest BCUT2D eigenvalue weighted by Crippen LogP contribution is -1.91. The minimum atomic E-state index is 0.373. The van der Waals surface area contributed by atoms with E-state index >= 15 is 0 Å². The maximum atomic E-state index is 10.3. The number of hydrogen-bond acceptors (Lipinski definition) is 3. The van der Waals surface area contributed by atoms with E-state index in [1.54, 1.807) is 18.3 Å². The molecule has 0 N–H and O–H groups in total. The third kappa shape index (κ3) is 7.67. The van der Waals surface area contributed by atoms with Gasteiger partial charge in [0.25, 0.3) is 0 Å². The van der Waals surface area contributed by atoms with E-state index in [4.69, 9.17) is 4.74 Å². The van der Waals surface area contributed by atoms with Crippen molar-refractivity contribution in [2.75, 3.05) is 7.11 Å². The minimum Gasteiger partial charge on any atom is -0.480 e. The first-order valence-electron chi connectivity index (χ1n) is 5.24. The van der Waals surface area contributed by atoms with Gasteiger partial charge in [0.1, 0.15) is 0 Å². The van der Waals surface area contributed by atoms with Gasteiger partial charge in [0.2, 0.25) is 5.88 Å². The summed E-state index contributed by atoms with van der Waals surface area (Å²) in [6.45, 7) is 8.25. The molecule has 15 heavy (non-hydrogen) atoms. The molecule has 0 unspecified atom stereocenters. The molecule has 0 saturated carbocycles. The molecule has 0 radical (unpaired) electrons. The number of pyridine rings is 1. The normalized spacial score (nSPS) is 7.53. The third-order valence-corrected chi connectivity index (χ3v) is 1.12. The van der Waals surface area contributed by atoms with Gasteiger partial charge in [0, 0.05) is 6.20 Å². The van der Waals surface area contributed by atoms with Crippen LogP contribution in [0.2, 0.25) is 0 Å². The van der Waals surface area contributed by atoms with Crippen LogP contribution in [-0.2, 0) is 0 Å². The summed E-state index contributed by atoms with van der Waals surface area (Å²) in [6.07, 6.45) is 3.54. The summed E-state index contributed by atoms with van der Waals surface area (Å²) in [5.41, 5.74) is 0.477. The Kier molecular flexibility index (Phi) is 13.5. The summed E-state index contributed by atoms with van der Waals surface area (Å²) in [4.78, 5) is 14.1. The number of aromatic nitrogens is 1. The number of nitrogens with zero attached hydrogens (tertiary/aromatic N) is 1. The second kappa shape index (κ2) is 12.6. The molecule has 0 atom stereocenters. The lowest BCUT2D eigenvalue weighted by atomic mass is 10.3. The van der Waals surface area contributed by atoms with Gasteiger partial charge in [-0.2, -0.15) is 0 Å². The lowest BCUT2D eigenvalue weighted by Gasteiger charge is -1.98. The number of carbonyl (C=O) groups excluding carboxylic acids is 1. The first-order chi connectivity index (χ1) is 7.29. The first-order valence-corrected chi connectivity index (χ1v) is 5.24. The quantitative estimate of drug-likeness (QED) is 0.704. The zero-order valence-corrected chi connectivity index (χ0v) is 10.3. The lowest BCUT2D eigenvalue weighted by molar-refractivity contribution is 0.112. The van der Waals surface area contributed by atoms with Crippen molar-refractivity contribution in [3.63, 3.8) is 0 Å². The molecule has 0 fully saturated rings. The van der Waals surface area contributed by atoms with Gasteiger partial charge in [-0.15, -0.1) is 0 Å². The highest BCUT2D eigenvalue weighted by Gasteiger charge is 1.98. The average Bonchev–Trinajstić information content (AvgIpc) is 2.32. The molecule has 0 aromatic carbocycles. The smallest absolute Gasteiger partial charge is 0.223 e. The van der Waals surface area contributed by atoms with Crippen molar-refractivity contribution >= 4 is 6.29 Å². The molecule has 1 rings (SSSR count). The fourth-order valence-corrected chi connectivity index (χ4v) is 0.664. The predicted molar refractivity (Wildman–Crippen MR) is 63.5 cm³/mol. The Labute approximate surface area is 92.5 Å². The highest BCUT2D eigenvalue weighted by Crippen LogP contribution is 2.09. The summed E-state index contributed by atoms with van der Waals surface area (Å²) in [7, 11) is 1.48. The van der Waals surface area contributed by atoms with E-state index in [0.29, 0.717) is 17.7 Å². The number of rotatable bonds is 2. The molecule has 0 amide bonds. The first kappa shape index (κ1) is 16.1. The van der Waals surface area contributed by atoms with E-state index < -0.39 is 0 Å². The maximum Gasteiger partial charge on any atom is 0.223 e. The van der Waals surface area contributed by atoms with Gasteiger partial charge in [-0.3, -0.25) is 4.79 Å². The monoisotopic (exact) mass is 211 g/mol. The number of ether oxygens (including phenoxy) is 1. The molecule has 1 aromatic rings. The maximum absolute atomic E-state index is 10.3. The van der Waals surface area contributed by atoms with Crippen LogP contribution in [0.15, 0.2) is 18.3 Å². The van der Waals surface area contributed by atoms with Crippen LogP contribution in [0.1, 0.15) is 44.5 Å². The van der Waals surface area contributed by atoms with Crippen molar-refractivity contribution in [2.45, 2.75) is 34.1 Å². The van der Waals surface area contributed by atoms with Crippen molar-refractivity contribution in [1.29, 1.82) is 0 Å². The van der Waals surface area contributed by atoms with Crippen LogP contribution >= 0.6 is 0 Å². The molecule has 0 bridgehead atoms. The van der Waals surface area contributed by atoms with Crippen LogP contribution in [0, 0.1) is 0 Å². The topological polar surface area (TPSA) is 39.2 Å². The van der Waals surface area contributed by atoms with Crippen LogP contribution in [0.4, 0.5) is 0 Å². The van der Waals surface area contributed by atoms with Crippen LogP contribution < -0.4 is 4.74 Å². The van der Waals surface area contributed by atoms with Crippen molar-refractivity contribution in [3.05, 3.63) is 23.9 Å². The summed E-state index contributed by atoms with van der Waals surface area (Å²) < 4.78 is 4.79. The molecule has 3 nitrogen and oxygen atoms in total. The van der Waals surface area contributed by atoms with Gasteiger partial charge in [-0.05, 0) is 12.1 Å². The number of hydrogen-bond donors (Lipinski definition) is 0. The standard InChI is InChI=1S/C7H7NO2.C3H8.C2H6/c1-10-7-6(5-9)3-2-4-8-7;1-3-2;1-2/h2-5H,1H3;3H2,1-2H3;1-2H3. The molecule has 0 spiro atoms. The van der Waals surface area contributed by atoms with Crippen molar-refractivity contribution in [2.24, 2.45) is 0 Å². The van der Waals surface area contributed by atoms with Crippen LogP contribution in [0.5, 0.6) is 5.88 Å². The Bertz CT molecular complexity index is 249. The number of aldehydes is 1. The van der Waals surface area contributed by atoms with E-state index in [9.17, 15) is 4.79 Å². The van der Waals surface area contributed by atoms with E-state index in [2.05, 4.69) is 18.8 Å². The van der Waals surface area contributed by atoms with E-state index in [1.165, 1.54) is 13.5 Å². The zero-order valence-electron chi connectivity index (χ0n) is 10.3. The molecular weight excluding hydrogens is 190 g/mol. The fourth-order valence-electron chi connectivity index (χ4n) is 0.664. The summed E-state index contributed by atoms with van der Waals surface area (Å²) in [5, 5.41) is 0. The Morgan fingerprint density at radius 2 is 1.93 bits per heavy atom. The summed E-state index contributed by atoms with van der Waals surface area (Å²) in [5.74, 6) is 0.373. The van der Waals surface area contributed by atoms with E-state index in [-0.39, 0.29) is 0 Å². The van der Waals surface area contributed by atoms with Gasteiger partial charge in [0.05, 0.1) is 12.7 Å². The Morgan fingerprint density at radius 3 is 2.27 bits per heavy atom. The second-order valence-corrected chi connectivity index (χ2v) is 2.43. The summed E-state index contributed by atoms with van der Waals surface area (Å²) >= 11 is 0. The molecular formula is C12H21NO2. The van der Waals surface area contributed by atoms with Crippen molar-refractivity contribution < 1.29 is 9.53 Å². The molecule has 3 heteroatoms. The van der Waals surface area contributed by atoms with Crippen LogP contribution in [-0.4, -0.2) is 18.4 Å². The highest BCUT2D eigenvalue weighted by atomic mass is 16.5. The highest BCUT2D eigenvalue weighted by molar-refractivity contribution is 5.77. The van der Waals surface area contributed by atoms with Gasteiger partial charge in [0.15, 0.2) is 6.29 Å². The van der Waals surface area contributed by atoms with Gasteiger partial charge in [-0.1, -0.05) is 34.1 Å². The SMILES string of the molecule is CC.CCC.COc1ncccc1C=O. The minimum absolute atomic E-state index is 0.373. The van der Waals surface area contributed by atoms with Gasteiger partial charge < -0.3 is 4.74 Å². The molecule has 1 heterocycles. The fraction of sp³-hybridized carbons (Fsp3) is 0.500. The Hall–Kier alpha value is -1.38. The van der Waals surface area contributed by atoms with Crippen molar-refractivity contribution in [3.8, 4) is 5.88 Å². The molecule has 0 saturated heterocycles. The molecule has 0 aliphatic heterocycles. The molecule has 0 aliphatic rings. The van der Waals surface area contributed by atoms with Crippen molar-refractivity contribution in [1.82, 2.24) is 4.98 Å².